The lowest BCUT2D eigenvalue weighted by Gasteiger charge is -2.05. The van der Waals surface area contributed by atoms with Gasteiger partial charge in [-0.25, -0.2) is 19.2 Å². The molecule has 0 aromatic heterocycles. The summed E-state index contributed by atoms with van der Waals surface area (Å²) in [5, 5.41) is 33.2. The lowest BCUT2D eigenvalue weighted by atomic mass is 10.1. The van der Waals surface area contributed by atoms with Crippen LogP contribution in [0.15, 0.2) is 23.1 Å². The van der Waals surface area contributed by atoms with Crippen molar-refractivity contribution in [2.75, 3.05) is 13.2 Å². The maximum atomic E-state index is 10.9. The molecule has 1 aromatic rings. The van der Waals surface area contributed by atoms with Crippen molar-refractivity contribution in [3.8, 4) is 0 Å². The van der Waals surface area contributed by atoms with Crippen LogP contribution in [0.25, 0.3) is 0 Å². The van der Waals surface area contributed by atoms with Crippen molar-refractivity contribution in [3.05, 3.63) is 29.3 Å². The second-order valence-corrected chi connectivity index (χ2v) is 5.41. The van der Waals surface area contributed by atoms with Gasteiger partial charge >= 0.3 is 23.9 Å². The summed E-state index contributed by atoms with van der Waals surface area (Å²) in [5.41, 5.74) is -1.58. The van der Waals surface area contributed by atoms with Gasteiger partial charge in [0.15, 0.2) is 0 Å². The number of carbonyl (C=O) groups is 4. The summed E-state index contributed by atoms with van der Waals surface area (Å²) in [4.78, 5) is 39.6. The van der Waals surface area contributed by atoms with Crippen molar-refractivity contribution in [2.24, 2.45) is 0 Å². The maximum absolute atomic E-state index is 10.9. The summed E-state index contributed by atoms with van der Waals surface area (Å²) in [6.07, 6.45) is 0. The molecule has 0 heterocycles. The Hall–Kier alpha value is -3.03. The molecular formula is C12H12O12S. The molecular weight excluding hydrogens is 368 g/mol. The van der Waals surface area contributed by atoms with Crippen LogP contribution in [0.4, 0.5) is 0 Å². The van der Waals surface area contributed by atoms with E-state index in [1.807, 2.05) is 0 Å². The Bertz CT molecular complexity index is 733. The Balaban J connectivity index is 0.000000547. The number of carboxylic acid groups (broad SMARTS) is 4. The molecule has 0 aliphatic carbocycles. The van der Waals surface area contributed by atoms with Crippen molar-refractivity contribution in [1.82, 2.24) is 0 Å². The van der Waals surface area contributed by atoms with Gasteiger partial charge in [0.25, 0.3) is 10.1 Å². The van der Waals surface area contributed by atoms with Crippen LogP contribution in [0, 0.1) is 0 Å². The lowest BCUT2D eigenvalue weighted by Crippen LogP contribution is -2.14. The fraction of sp³-hybridized carbons (Fsp3) is 0.167. The first-order valence-electron chi connectivity index (χ1n) is 5.96. The topological polar surface area (TPSA) is 213 Å². The molecule has 0 fully saturated rings. The number of carboxylic acids is 4. The minimum Gasteiger partial charge on any atom is -0.480 e. The predicted molar refractivity (Wildman–Crippen MR) is 76.3 cm³/mol. The summed E-state index contributed by atoms with van der Waals surface area (Å²) >= 11 is 0. The molecule has 12 nitrogen and oxygen atoms in total. The van der Waals surface area contributed by atoms with Crippen LogP contribution < -0.4 is 0 Å². The molecule has 0 atom stereocenters. The SMILES string of the molecule is O=C(O)COCC(=O)O.O=C(O)c1cccc(C(=O)O)c1S(=O)(=O)O. The molecule has 0 aliphatic heterocycles. The first-order valence-corrected chi connectivity index (χ1v) is 7.40. The molecule has 0 saturated carbocycles. The van der Waals surface area contributed by atoms with Gasteiger partial charge in [0.2, 0.25) is 0 Å². The summed E-state index contributed by atoms with van der Waals surface area (Å²) in [6.45, 7) is -1.13. The van der Waals surface area contributed by atoms with Crippen LogP contribution in [-0.4, -0.2) is 70.5 Å². The summed E-state index contributed by atoms with van der Waals surface area (Å²) in [6, 6.07) is 2.84. The highest BCUT2D eigenvalue weighted by Crippen LogP contribution is 2.20. The van der Waals surface area contributed by atoms with E-state index in [1.54, 1.807) is 0 Å². The highest BCUT2D eigenvalue weighted by Gasteiger charge is 2.26. The van der Waals surface area contributed by atoms with E-state index in [4.69, 9.17) is 25.0 Å². The molecule has 0 amide bonds. The zero-order valence-electron chi connectivity index (χ0n) is 12.1. The number of hydrogen-bond donors (Lipinski definition) is 5. The van der Waals surface area contributed by atoms with Crippen molar-refractivity contribution >= 4 is 34.0 Å². The Morgan fingerprint density at radius 2 is 1.20 bits per heavy atom. The van der Waals surface area contributed by atoms with Crippen LogP contribution in [0.5, 0.6) is 0 Å². The third-order valence-electron chi connectivity index (χ3n) is 2.18. The van der Waals surface area contributed by atoms with E-state index in [0.29, 0.717) is 0 Å². The van der Waals surface area contributed by atoms with Gasteiger partial charge in [0.1, 0.15) is 18.1 Å². The van der Waals surface area contributed by atoms with Gasteiger partial charge in [0, 0.05) is 0 Å². The molecule has 5 N–H and O–H groups in total. The lowest BCUT2D eigenvalue weighted by molar-refractivity contribution is -0.148. The molecule has 13 heteroatoms. The number of benzene rings is 1. The van der Waals surface area contributed by atoms with Gasteiger partial charge in [-0.2, -0.15) is 8.42 Å². The molecule has 0 saturated heterocycles. The zero-order chi connectivity index (χ0) is 19.8. The molecule has 25 heavy (non-hydrogen) atoms. The number of ether oxygens (including phenoxy) is 1. The normalized spacial score (nSPS) is 10.3. The average molecular weight is 380 g/mol. The fourth-order valence-corrected chi connectivity index (χ4v) is 2.24. The van der Waals surface area contributed by atoms with Crippen LogP contribution in [-0.2, 0) is 24.4 Å². The van der Waals surface area contributed by atoms with Gasteiger partial charge < -0.3 is 25.2 Å². The molecule has 1 aromatic carbocycles. The second kappa shape index (κ2) is 9.31. The zero-order valence-corrected chi connectivity index (χ0v) is 13.0. The molecule has 138 valence electrons. The van der Waals surface area contributed by atoms with Crippen LogP contribution >= 0.6 is 0 Å². The van der Waals surface area contributed by atoms with E-state index in [0.717, 1.165) is 18.2 Å². The number of aromatic carboxylic acids is 2. The standard InChI is InChI=1S/C8H6O7S.C4H6O5/c9-7(10)4-2-1-3-5(8(11)12)6(4)16(13,14)15;5-3(6)1-9-2-4(7)8/h1-3H,(H,9,10)(H,11,12)(H,13,14,15);1-2H2,(H,5,6)(H,7,8). The second-order valence-electron chi connectivity index (χ2n) is 4.05. The van der Waals surface area contributed by atoms with E-state index in [-0.39, 0.29) is 0 Å². The van der Waals surface area contributed by atoms with Crippen molar-refractivity contribution < 1.29 is 57.3 Å². The van der Waals surface area contributed by atoms with E-state index >= 15 is 0 Å². The van der Waals surface area contributed by atoms with E-state index in [1.165, 1.54) is 0 Å². The van der Waals surface area contributed by atoms with Gasteiger partial charge in [-0.15, -0.1) is 0 Å². The van der Waals surface area contributed by atoms with E-state index in [2.05, 4.69) is 4.74 Å². The van der Waals surface area contributed by atoms with Crippen LogP contribution in [0.1, 0.15) is 20.7 Å². The summed E-state index contributed by atoms with van der Waals surface area (Å²) in [7, 11) is -4.92. The Labute approximate surface area is 139 Å². The Kier molecular flexibility index (Phi) is 8.18. The summed E-state index contributed by atoms with van der Waals surface area (Å²) in [5.74, 6) is -5.63. The molecule has 0 bridgehead atoms. The Morgan fingerprint density at radius 3 is 1.44 bits per heavy atom. The monoisotopic (exact) mass is 380 g/mol. The predicted octanol–water partition coefficient (Wildman–Crippen LogP) is -0.498. The molecule has 0 unspecified atom stereocenters. The third-order valence-corrected chi connectivity index (χ3v) is 3.14. The van der Waals surface area contributed by atoms with Crippen molar-refractivity contribution in [2.45, 2.75) is 4.90 Å². The molecule has 0 spiro atoms. The number of rotatable bonds is 7. The third kappa shape index (κ3) is 7.87. The number of aliphatic carboxylic acids is 2. The Morgan fingerprint density at radius 1 is 0.840 bits per heavy atom. The van der Waals surface area contributed by atoms with Crippen LogP contribution in [0.2, 0.25) is 0 Å². The molecule has 0 aliphatic rings. The number of hydrogen-bond acceptors (Lipinski definition) is 7. The van der Waals surface area contributed by atoms with Gasteiger partial charge in [-0.3, -0.25) is 4.55 Å². The van der Waals surface area contributed by atoms with E-state index in [9.17, 15) is 27.6 Å². The van der Waals surface area contributed by atoms with Crippen molar-refractivity contribution in [3.63, 3.8) is 0 Å². The molecule has 0 radical (unpaired) electrons. The smallest absolute Gasteiger partial charge is 0.337 e. The minimum atomic E-state index is -4.92. The largest absolute Gasteiger partial charge is 0.480 e. The van der Waals surface area contributed by atoms with Crippen molar-refractivity contribution in [1.29, 1.82) is 0 Å². The van der Waals surface area contributed by atoms with Gasteiger partial charge in [0.05, 0.1) is 11.1 Å². The quantitative estimate of drug-likeness (QED) is 0.379. The molecule has 1 rings (SSSR count). The first-order chi connectivity index (χ1) is 11.4. The van der Waals surface area contributed by atoms with Gasteiger partial charge in [-0.05, 0) is 12.1 Å². The van der Waals surface area contributed by atoms with Gasteiger partial charge in [-0.1, -0.05) is 6.07 Å². The van der Waals surface area contributed by atoms with E-state index < -0.39 is 63.2 Å². The minimum absolute atomic E-state index is 0.563. The average Bonchev–Trinajstić information content (AvgIpc) is 2.45. The highest BCUT2D eigenvalue weighted by molar-refractivity contribution is 7.86. The maximum Gasteiger partial charge on any atom is 0.337 e. The first kappa shape index (κ1) is 22.0. The fourth-order valence-electron chi connectivity index (χ4n) is 1.38. The summed E-state index contributed by atoms with van der Waals surface area (Å²) < 4.78 is 34.8. The highest BCUT2D eigenvalue weighted by atomic mass is 32.2. The van der Waals surface area contributed by atoms with Crippen LogP contribution in [0.3, 0.4) is 0 Å².